The summed E-state index contributed by atoms with van der Waals surface area (Å²) in [5.74, 6) is -0.355. The molecule has 3 heteroatoms. The van der Waals surface area contributed by atoms with Gasteiger partial charge in [-0.05, 0) is 51.9 Å². The van der Waals surface area contributed by atoms with Crippen molar-refractivity contribution in [2.75, 3.05) is 13.1 Å². The number of nitrogens with zero attached hydrogens (tertiary/aromatic N) is 1. The van der Waals surface area contributed by atoms with Crippen molar-refractivity contribution in [1.29, 1.82) is 0 Å². The zero-order valence-corrected chi connectivity index (χ0v) is 10.4. The summed E-state index contributed by atoms with van der Waals surface area (Å²) in [4.78, 5) is 14.6. The van der Waals surface area contributed by atoms with Gasteiger partial charge in [-0.15, -0.1) is 0 Å². The van der Waals surface area contributed by atoms with Gasteiger partial charge in [0.2, 0.25) is 0 Å². The highest BCUT2D eigenvalue weighted by molar-refractivity contribution is 6.02. The molecule has 0 bridgehead atoms. The molecular formula is C14H18FNO. The van der Waals surface area contributed by atoms with Gasteiger partial charge >= 0.3 is 0 Å². The maximum atomic E-state index is 13.1. The molecule has 0 spiro atoms. The Morgan fingerprint density at radius 1 is 1.29 bits per heavy atom. The van der Waals surface area contributed by atoms with E-state index in [1.165, 1.54) is 12.1 Å². The first kappa shape index (κ1) is 12.2. The second-order valence-electron chi connectivity index (χ2n) is 5.09. The van der Waals surface area contributed by atoms with E-state index in [1.807, 2.05) is 13.8 Å². The molecule has 0 atom stereocenters. The molecule has 1 aliphatic rings. The highest BCUT2D eigenvalue weighted by Gasteiger charge is 2.36. The van der Waals surface area contributed by atoms with E-state index in [0.717, 1.165) is 25.9 Å². The molecule has 0 saturated carbocycles. The molecule has 1 aromatic carbocycles. The summed E-state index contributed by atoms with van der Waals surface area (Å²) >= 11 is 0. The summed E-state index contributed by atoms with van der Waals surface area (Å²) in [6, 6.07) is 5.95. The molecule has 0 unspecified atom stereocenters. The molecule has 1 aromatic rings. The van der Waals surface area contributed by atoms with Crippen LogP contribution in [0.3, 0.4) is 0 Å². The Bertz CT molecular complexity index is 422. The first-order valence-corrected chi connectivity index (χ1v) is 6.07. The van der Waals surface area contributed by atoms with Crippen LogP contribution in [0.15, 0.2) is 24.3 Å². The standard InChI is InChI=1S/C14H18FNO/c1-14(2,16-8-3-4-9-16)13(17)11-6-5-7-12(15)10-11/h5-7,10H,3-4,8-9H2,1-2H3. The van der Waals surface area contributed by atoms with Crippen molar-refractivity contribution < 1.29 is 9.18 Å². The van der Waals surface area contributed by atoms with Crippen LogP contribution in [0.5, 0.6) is 0 Å². The van der Waals surface area contributed by atoms with E-state index >= 15 is 0 Å². The van der Waals surface area contributed by atoms with E-state index in [9.17, 15) is 9.18 Å². The summed E-state index contributed by atoms with van der Waals surface area (Å²) < 4.78 is 13.1. The van der Waals surface area contributed by atoms with Crippen LogP contribution in [0.25, 0.3) is 0 Å². The number of ketones is 1. The van der Waals surface area contributed by atoms with Crippen molar-refractivity contribution in [3.05, 3.63) is 35.6 Å². The quantitative estimate of drug-likeness (QED) is 0.751. The van der Waals surface area contributed by atoms with Gasteiger partial charge in [0.1, 0.15) is 5.82 Å². The third-order valence-electron chi connectivity index (χ3n) is 3.54. The number of carbonyl (C=O) groups is 1. The maximum absolute atomic E-state index is 13.1. The predicted octanol–water partition coefficient (Wildman–Crippen LogP) is 2.88. The topological polar surface area (TPSA) is 20.3 Å². The smallest absolute Gasteiger partial charge is 0.182 e. The summed E-state index contributed by atoms with van der Waals surface area (Å²) in [7, 11) is 0. The average Bonchev–Trinajstić information content (AvgIpc) is 2.82. The lowest BCUT2D eigenvalue weighted by Gasteiger charge is -2.33. The lowest BCUT2D eigenvalue weighted by Crippen LogP contribution is -2.48. The van der Waals surface area contributed by atoms with Crippen molar-refractivity contribution in [1.82, 2.24) is 4.90 Å². The SMILES string of the molecule is CC(C)(C(=O)c1cccc(F)c1)N1CCCC1. The van der Waals surface area contributed by atoms with Gasteiger partial charge in [-0.1, -0.05) is 12.1 Å². The molecule has 2 nitrogen and oxygen atoms in total. The van der Waals surface area contributed by atoms with Gasteiger partial charge in [-0.3, -0.25) is 9.69 Å². The fourth-order valence-electron chi connectivity index (χ4n) is 2.40. The van der Waals surface area contributed by atoms with Crippen LogP contribution in [0.1, 0.15) is 37.0 Å². The van der Waals surface area contributed by atoms with Crippen molar-refractivity contribution in [2.45, 2.75) is 32.2 Å². The maximum Gasteiger partial charge on any atom is 0.182 e. The number of likely N-dealkylation sites (tertiary alicyclic amines) is 1. The molecule has 1 heterocycles. The predicted molar refractivity (Wildman–Crippen MR) is 65.6 cm³/mol. The van der Waals surface area contributed by atoms with E-state index in [1.54, 1.807) is 12.1 Å². The third kappa shape index (κ3) is 2.39. The van der Waals surface area contributed by atoms with Crippen molar-refractivity contribution in [3.63, 3.8) is 0 Å². The minimum absolute atomic E-state index is 0.00102. The van der Waals surface area contributed by atoms with Gasteiger partial charge in [0.25, 0.3) is 0 Å². The average molecular weight is 235 g/mol. The number of carbonyl (C=O) groups excluding carboxylic acids is 1. The highest BCUT2D eigenvalue weighted by atomic mass is 19.1. The van der Waals surface area contributed by atoms with E-state index in [2.05, 4.69) is 4.90 Å². The molecule has 1 aliphatic heterocycles. The van der Waals surface area contributed by atoms with Crippen LogP contribution >= 0.6 is 0 Å². The van der Waals surface area contributed by atoms with E-state index in [0.29, 0.717) is 5.56 Å². The van der Waals surface area contributed by atoms with Gasteiger partial charge in [-0.25, -0.2) is 4.39 Å². The zero-order chi connectivity index (χ0) is 12.5. The lowest BCUT2D eigenvalue weighted by molar-refractivity contribution is 0.0702. The minimum Gasteiger partial charge on any atom is -0.292 e. The van der Waals surface area contributed by atoms with Crippen LogP contribution in [0.4, 0.5) is 4.39 Å². The van der Waals surface area contributed by atoms with E-state index in [4.69, 9.17) is 0 Å². The molecule has 2 rings (SSSR count). The molecule has 0 aromatic heterocycles. The van der Waals surface area contributed by atoms with Gasteiger partial charge in [0.15, 0.2) is 5.78 Å². The molecule has 1 fully saturated rings. The molecule has 0 N–H and O–H groups in total. The second-order valence-corrected chi connectivity index (χ2v) is 5.09. The van der Waals surface area contributed by atoms with Gasteiger partial charge in [0, 0.05) is 5.56 Å². The first-order valence-electron chi connectivity index (χ1n) is 6.07. The summed E-state index contributed by atoms with van der Waals surface area (Å²) in [5.41, 5.74) is -0.0773. The monoisotopic (exact) mass is 235 g/mol. The van der Waals surface area contributed by atoms with Crippen molar-refractivity contribution >= 4 is 5.78 Å². The van der Waals surface area contributed by atoms with Gasteiger partial charge in [-0.2, -0.15) is 0 Å². The fourth-order valence-corrected chi connectivity index (χ4v) is 2.40. The number of hydrogen-bond acceptors (Lipinski definition) is 2. The molecule has 92 valence electrons. The Morgan fingerprint density at radius 3 is 2.53 bits per heavy atom. The molecule has 0 amide bonds. The number of hydrogen-bond donors (Lipinski definition) is 0. The third-order valence-corrected chi connectivity index (χ3v) is 3.54. The molecular weight excluding hydrogens is 217 g/mol. The molecule has 1 saturated heterocycles. The van der Waals surface area contributed by atoms with E-state index in [-0.39, 0.29) is 11.6 Å². The fraction of sp³-hybridized carbons (Fsp3) is 0.500. The Balaban J connectivity index is 2.24. The van der Waals surface area contributed by atoms with Gasteiger partial charge < -0.3 is 0 Å². The lowest BCUT2D eigenvalue weighted by atomic mass is 9.91. The molecule has 0 aliphatic carbocycles. The second kappa shape index (κ2) is 4.57. The van der Waals surface area contributed by atoms with Crippen LogP contribution in [-0.2, 0) is 0 Å². The first-order chi connectivity index (χ1) is 8.01. The van der Waals surface area contributed by atoms with Crippen molar-refractivity contribution in [3.8, 4) is 0 Å². The Kier molecular flexibility index (Phi) is 3.29. The number of rotatable bonds is 3. The largest absolute Gasteiger partial charge is 0.292 e. The van der Waals surface area contributed by atoms with E-state index < -0.39 is 5.54 Å². The number of Topliss-reactive ketones (excluding diaryl/α,β-unsaturated/α-hetero) is 1. The molecule has 17 heavy (non-hydrogen) atoms. The number of benzene rings is 1. The van der Waals surface area contributed by atoms with Crippen LogP contribution in [0.2, 0.25) is 0 Å². The Hall–Kier alpha value is -1.22. The van der Waals surface area contributed by atoms with Crippen LogP contribution in [0, 0.1) is 5.82 Å². The van der Waals surface area contributed by atoms with Crippen molar-refractivity contribution in [2.24, 2.45) is 0 Å². The van der Waals surface area contributed by atoms with Gasteiger partial charge in [0.05, 0.1) is 5.54 Å². The van der Waals surface area contributed by atoms with Crippen LogP contribution < -0.4 is 0 Å². The number of halogens is 1. The normalized spacial score (nSPS) is 17.4. The summed E-state index contributed by atoms with van der Waals surface area (Å²) in [6.45, 7) is 5.75. The highest BCUT2D eigenvalue weighted by Crippen LogP contribution is 2.25. The van der Waals surface area contributed by atoms with Crippen LogP contribution in [-0.4, -0.2) is 29.3 Å². The zero-order valence-electron chi connectivity index (χ0n) is 10.4. The Morgan fingerprint density at radius 2 is 1.94 bits per heavy atom. The summed E-state index contributed by atoms with van der Waals surface area (Å²) in [6.07, 6.45) is 2.28. The molecule has 0 radical (unpaired) electrons. The minimum atomic E-state index is -0.537. The summed E-state index contributed by atoms with van der Waals surface area (Å²) in [5, 5.41) is 0. The Labute approximate surface area is 101 Å².